The molecule has 1 fully saturated rings. The maximum atomic E-state index is 14.8. The van der Waals surface area contributed by atoms with Crippen molar-refractivity contribution in [2.75, 3.05) is 31.3 Å². The number of aliphatic carboxylic acids is 1. The van der Waals surface area contributed by atoms with Gasteiger partial charge in [-0.3, -0.25) is 4.79 Å². The average Bonchev–Trinajstić information content (AvgIpc) is 3.41. The van der Waals surface area contributed by atoms with Gasteiger partial charge < -0.3 is 20.6 Å². The number of carbonyl (C=O) groups is 2. The maximum Gasteiger partial charge on any atom is 0.326 e. The van der Waals surface area contributed by atoms with E-state index in [0.717, 1.165) is 16.2 Å². The number of pyridine rings is 1. The standard InChI is InChI=1S/C21H23FN6O5S2/c1-27(2)21-25-10-17(34-21)35(32,33)26-15-4-6-28(19(15)29)16(20(30)31)8-12-7-11-3-5-24-18(23)13(11)9-14(12)22/h3,5,7,9-10,15-16,26H,4,6,8H2,1-2H3,(H2,23,24)(H,30,31). The summed E-state index contributed by atoms with van der Waals surface area (Å²) in [5, 5.41) is 11.3. The Morgan fingerprint density at radius 3 is 2.80 bits per heavy atom. The number of benzene rings is 1. The van der Waals surface area contributed by atoms with Crippen LogP contribution in [0.5, 0.6) is 0 Å². The van der Waals surface area contributed by atoms with Crippen molar-refractivity contribution >= 4 is 55.0 Å². The van der Waals surface area contributed by atoms with Crippen molar-refractivity contribution in [2.24, 2.45) is 0 Å². The minimum atomic E-state index is -4.05. The average molecular weight is 523 g/mol. The SMILES string of the molecule is CN(C)c1ncc(S(=O)(=O)NC2CCN(C(Cc3cc4ccnc(N)c4cc3F)C(=O)O)C2=O)s1. The van der Waals surface area contributed by atoms with Crippen LogP contribution in [0.4, 0.5) is 15.3 Å². The molecule has 1 aliphatic rings. The number of hydrogen-bond donors (Lipinski definition) is 3. The molecule has 1 aliphatic heterocycles. The Hall–Kier alpha value is -3.36. The number of nitrogens with one attached hydrogen (secondary N) is 1. The van der Waals surface area contributed by atoms with Crippen molar-refractivity contribution in [3.63, 3.8) is 0 Å². The smallest absolute Gasteiger partial charge is 0.326 e. The first-order valence-electron chi connectivity index (χ1n) is 10.5. The van der Waals surface area contributed by atoms with Crippen molar-refractivity contribution in [3.05, 3.63) is 42.0 Å². The van der Waals surface area contributed by atoms with Gasteiger partial charge in [-0.05, 0) is 35.6 Å². The van der Waals surface area contributed by atoms with E-state index in [1.54, 1.807) is 25.1 Å². The van der Waals surface area contributed by atoms with Gasteiger partial charge in [0.1, 0.15) is 23.7 Å². The van der Waals surface area contributed by atoms with Crippen LogP contribution in [0.3, 0.4) is 0 Å². The molecule has 4 N–H and O–H groups in total. The Morgan fingerprint density at radius 2 is 2.14 bits per heavy atom. The molecule has 14 heteroatoms. The lowest BCUT2D eigenvalue weighted by Gasteiger charge is -2.25. The molecule has 1 saturated heterocycles. The number of rotatable bonds is 8. The Kier molecular flexibility index (Phi) is 6.62. The molecule has 186 valence electrons. The summed E-state index contributed by atoms with van der Waals surface area (Å²) in [6, 6.07) is 1.76. The second-order valence-electron chi connectivity index (χ2n) is 8.27. The predicted molar refractivity (Wildman–Crippen MR) is 128 cm³/mol. The fourth-order valence-corrected chi connectivity index (χ4v) is 6.19. The van der Waals surface area contributed by atoms with Crippen LogP contribution in [0.2, 0.25) is 0 Å². The number of anilines is 2. The molecule has 3 heterocycles. The molecular weight excluding hydrogens is 499 g/mol. The molecule has 0 bridgehead atoms. The summed E-state index contributed by atoms with van der Waals surface area (Å²) in [7, 11) is -0.607. The first-order valence-corrected chi connectivity index (χ1v) is 12.8. The molecule has 1 aromatic carbocycles. The van der Waals surface area contributed by atoms with E-state index >= 15 is 0 Å². The largest absolute Gasteiger partial charge is 0.480 e. The number of carboxylic acid groups (broad SMARTS) is 1. The van der Waals surface area contributed by atoms with Gasteiger partial charge in [0.2, 0.25) is 5.91 Å². The molecule has 11 nitrogen and oxygen atoms in total. The van der Waals surface area contributed by atoms with Gasteiger partial charge in [0.25, 0.3) is 10.0 Å². The lowest BCUT2D eigenvalue weighted by Crippen LogP contribution is -2.48. The number of amides is 1. The number of likely N-dealkylation sites (tertiary alicyclic amines) is 1. The summed E-state index contributed by atoms with van der Waals surface area (Å²) in [6.45, 7) is 0.000688. The van der Waals surface area contributed by atoms with Gasteiger partial charge in [0.15, 0.2) is 9.34 Å². The van der Waals surface area contributed by atoms with E-state index in [1.165, 1.54) is 24.5 Å². The number of nitrogens with zero attached hydrogens (tertiary/aromatic N) is 4. The van der Waals surface area contributed by atoms with E-state index in [4.69, 9.17) is 5.73 Å². The van der Waals surface area contributed by atoms with Crippen LogP contribution in [0.25, 0.3) is 10.8 Å². The van der Waals surface area contributed by atoms with Gasteiger partial charge in [0.05, 0.1) is 6.20 Å². The highest BCUT2D eigenvalue weighted by molar-refractivity contribution is 7.91. The Morgan fingerprint density at radius 1 is 1.40 bits per heavy atom. The van der Waals surface area contributed by atoms with Gasteiger partial charge in [0, 0.05) is 38.6 Å². The van der Waals surface area contributed by atoms with Crippen molar-refractivity contribution in [1.29, 1.82) is 0 Å². The molecule has 0 saturated carbocycles. The normalized spacial score (nSPS) is 17.2. The van der Waals surface area contributed by atoms with Crippen LogP contribution < -0.4 is 15.4 Å². The zero-order valence-corrected chi connectivity index (χ0v) is 20.4. The molecule has 4 rings (SSSR count). The van der Waals surface area contributed by atoms with E-state index < -0.39 is 39.8 Å². The minimum absolute atomic E-state index is 0.000688. The third-order valence-corrected chi connectivity index (χ3v) is 8.79. The summed E-state index contributed by atoms with van der Waals surface area (Å²) >= 11 is 0.940. The van der Waals surface area contributed by atoms with E-state index in [9.17, 15) is 27.5 Å². The number of nitrogen functional groups attached to an aromatic ring is 1. The number of nitrogens with two attached hydrogens (primary N) is 1. The lowest BCUT2D eigenvalue weighted by atomic mass is 10.0. The lowest BCUT2D eigenvalue weighted by molar-refractivity contribution is -0.148. The number of hydrogen-bond acceptors (Lipinski definition) is 9. The fourth-order valence-electron chi connectivity index (χ4n) is 3.91. The zero-order valence-electron chi connectivity index (χ0n) is 18.8. The molecule has 0 spiro atoms. The van der Waals surface area contributed by atoms with E-state index in [0.29, 0.717) is 15.9 Å². The Balaban J connectivity index is 1.54. The summed E-state index contributed by atoms with van der Waals surface area (Å²) in [6.07, 6.45) is 2.43. The number of carboxylic acids is 1. The molecule has 2 unspecified atom stereocenters. The number of aromatic nitrogens is 2. The van der Waals surface area contributed by atoms with Crippen LogP contribution in [0, 0.1) is 5.82 Å². The van der Waals surface area contributed by atoms with E-state index in [2.05, 4.69) is 14.7 Å². The van der Waals surface area contributed by atoms with E-state index in [1.807, 2.05) is 0 Å². The zero-order chi connectivity index (χ0) is 25.5. The van der Waals surface area contributed by atoms with Crippen LogP contribution in [-0.4, -0.2) is 73.0 Å². The van der Waals surface area contributed by atoms with Crippen LogP contribution in [0.1, 0.15) is 12.0 Å². The maximum absolute atomic E-state index is 14.8. The number of sulfonamides is 1. The van der Waals surface area contributed by atoms with Crippen LogP contribution in [0.15, 0.2) is 34.8 Å². The fraction of sp³-hybridized carbons (Fsp3) is 0.333. The predicted octanol–water partition coefficient (Wildman–Crippen LogP) is 1.05. The third kappa shape index (κ3) is 4.90. The molecule has 0 radical (unpaired) electrons. The molecule has 1 amide bonds. The summed E-state index contributed by atoms with van der Waals surface area (Å²) < 4.78 is 42.6. The topological polar surface area (TPSA) is 159 Å². The number of carbonyl (C=O) groups excluding carboxylic acids is 1. The van der Waals surface area contributed by atoms with Crippen molar-refractivity contribution < 1.29 is 27.5 Å². The Bertz CT molecular complexity index is 1410. The van der Waals surface area contributed by atoms with Crippen molar-refractivity contribution in [3.8, 4) is 0 Å². The first-order chi connectivity index (χ1) is 16.5. The van der Waals surface area contributed by atoms with E-state index in [-0.39, 0.29) is 35.0 Å². The highest BCUT2D eigenvalue weighted by Gasteiger charge is 2.41. The number of fused-ring (bicyclic) bond motifs is 1. The number of halogens is 1. The second-order valence-corrected chi connectivity index (χ2v) is 11.2. The molecule has 0 aliphatic carbocycles. The van der Waals surface area contributed by atoms with Crippen molar-refractivity contribution in [2.45, 2.75) is 29.1 Å². The summed E-state index contributed by atoms with van der Waals surface area (Å²) in [5.41, 5.74) is 5.87. The number of thiazole rings is 1. The van der Waals surface area contributed by atoms with Crippen LogP contribution in [-0.2, 0) is 26.0 Å². The second kappa shape index (κ2) is 9.36. The monoisotopic (exact) mass is 522 g/mol. The highest BCUT2D eigenvalue weighted by Crippen LogP contribution is 2.28. The molecular formula is C21H23FN6O5S2. The van der Waals surface area contributed by atoms with Crippen molar-refractivity contribution in [1.82, 2.24) is 19.6 Å². The van der Waals surface area contributed by atoms with Crippen LogP contribution >= 0.6 is 11.3 Å². The van der Waals surface area contributed by atoms with Gasteiger partial charge in [-0.15, -0.1) is 0 Å². The summed E-state index contributed by atoms with van der Waals surface area (Å²) in [5.74, 6) is -2.54. The highest BCUT2D eigenvalue weighted by atomic mass is 32.2. The quantitative estimate of drug-likeness (QED) is 0.393. The molecule has 3 aromatic rings. The minimum Gasteiger partial charge on any atom is -0.480 e. The van der Waals surface area contributed by atoms with Gasteiger partial charge >= 0.3 is 5.97 Å². The van der Waals surface area contributed by atoms with Gasteiger partial charge in [-0.1, -0.05) is 11.3 Å². The first kappa shape index (κ1) is 24.8. The third-order valence-electron chi connectivity index (χ3n) is 5.69. The molecule has 35 heavy (non-hydrogen) atoms. The van der Waals surface area contributed by atoms with Gasteiger partial charge in [-0.2, -0.15) is 4.72 Å². The van der Waals surface area contributed by atoms with Gasteiger partial charge in [-0.25, -0.2) is 27.6 Å². The molecule has 2 aromatic heterocycles. The summed E-state index contributed by atoms with van der Waals surface area (Å²) in [4.78, 5) is 35.7. The molecule has 2 atom stereocenters. The Labute approximate surface area is 204 Å².